The molecular weight excluding hydrogens is 188 g/mol. The lowest BCUT2D eigenvalue weighted by Crippen LogP contribution is -2.28. The topological polar surface area (TPSA) is 26.3 Å². The van der Waals surface area contributed by atoms with Gasteiger partial charge in [0.15, 0.2) is 0 Å². The molecule has 1 atom stereocenters. The van der Waals surface area contributed by atoms with E-state index < -0.39 is 0 Å². The highest BCUT2D eigenvalue weighted by molar-refractivity contribution is 5.73. The number of carbonyl (C=O) groups is 1. The number of ether oxygens (including phenoxy) is 1. The lowest BCUT2D eigenvalue weighted by molar-refractivity contribution is -0.150. The largest absolute Gasteiger partial charge is 0.466 e. The molecule has 0 aromatic heterocycles. The van der Waals surface area contributed by atoms with E-state index >= 15 is 0 Å². The second-order valence-corrected chi connectivity index (χ2v) is 4.49. The molecule has 0 aromatic rings. The van der Waals surface area contributed by atoms with Gasteiger partial charge < -0.3 is 4.74 Å². The molecule has 0 spiro atoms. The van der Waals surface area contributed by atoms with Gasteiger partial charge >= 0.3 is 5.97 Å². The van der Waals surface area contributed by atoms with Crippen molar-refractivity contribution in [3.8, 4) is 0 Å². The van der Waals surface area contributed by atoms with Crippen molar-refractivity contribution in [2.24, 2.45) is 11.3 Å². The van der Waals surface area contributed by atoms with Gasteiger partial charge in [0.05, 0.1) is 12.5 Å². The van der Waals surface area contributed by atoms with Gasteiger partial charge in [0.1, 0.15) is 0 Å². The summed E-state index contributed by atoms with van der Waals surface area (Å²) in [6.07, 6.45) is 6.48. The molecule has 88 valence electrons. The highest BCUT2D eigenvalue weighted by Crippen LogP contribution is 2.29. The van der Waals surface area contributed by atoms with Crippen LogP contribution in [0.2, 0.25) is 0 Å². The molecule has 0 aliphatic rings. The van der Waals surface area contributed by atoms with Crippen LogP contribution in [0.1, 0.15) is 47.5 Å². The molecule has 0 rings (SSSR count). The van der Waals surface area contributed by atoms with Crippen molar-refractivity contribution in [1.29, 1.82) is 0 Å². The number of rotatable bonds is 6. The van der Waals surface area contributed by atoms with Gasteiger partial charge in [0.25, 0.3) is 0 Å². The van der Waals surface area contributed by atoms with Gasteiger partial charge in [-0.3, -0.25) is 4.79 Å². The molecule has 0 heterocycles. The van der Waals surface area contributed by atoms with Crippen molar-refractivity contribution in [1.82, 2.24) is 0 Å². The molecule has 15 heavy (non-hydrogen) atoms. The maximum atomic E-state index is 11.6. The van der Waals surface area contributed by atoms with E-state index in [0.717, 1.165) is 12.8 Å². The first-order valence-electron chi connectivity index (χ1n) is 5.80. The molecule has 0 bridgehead atoms. The molecule has 0 fully saturated rings. The van der Waals surface area contributed by atoms with Gasteiger partial charge in [-0.25, -0.2) is 0 Å². The van der Waals surface area contributed by atoms with E-state index in [9.17, 15) is 4.79 Å². The highest BCUT2D eigenvalue weighted by Gasteiger charge is 2.29. The molecule has 0 aliphatic carbocycles. The fourth-order valence-corrected chi connectivity index (χ4v) is 1.27. The molecule has 0 N–H and O–H groups in total. The van der Waals surface area contributed by atoms with E-state index in [4.69, 9.17) is 4.74 Å². The number of carbonyl (C=O) groups excluding carboxylic acids is 1. The van der Waals surface area contributed by atoms with Crippen LogP contribution < -0.4 is 0 Å². The quantitative estimate of drug-likeness (QED) is 0.497. The second kappa shape index (κ2) is 6.65. The van der Waals surface area contributed by atoms with Crippen LogP contribution >= 0.6 is 0 Å². The van der Waals surface area contributed by atoms with Crippen LogP contribution in [0.25, 0.3) is 0 Å². The summed E-state index contributed by atoms with van der Waals surface area (Å²) in [7, 11) is 0. The van der Waals surface area contributed by atoms with Crippen LogP contribution in [0.4, 0.5) is 0 Å². The Labute approximate surface area is 93.7 Å². The van der Waals surface area contributed by atoms with Crippen molar-refractivity contribution in [2.75, 3.05) is 6.61 Å². The third kappa shape index (κ3) is 5.01. The standard InChI is InChI=1S/C13H24O2/c1-6-8-9-10-13(4,5)11(3)12(14)15-7-2/h9-11H,6-8H2,1-5H3. The zero-order chi connectivity index (χ0) is 11.9. The van der Waals surface area contributed by atoms with E-state index in [1.165, 1.54) is 0 Å². The van der Waals surface area contributed by atoms with Crippen molar-refractivity contribution in [3.05, 3.63) is 12.2 Å². The van der Waals surface area contributed by atoms with Gasteiger partial charge in [-0.1, -0.05) is 46.3 Å². The van der Waals surface area contributed by atoms with Crippen molar-refractivity contribution in [3.63, 3.8) is 0 Å². The number of unbranched alkanes of at least 4 members (excludes halogenated alkanes) is 1. The van der Waals surface area contributed by atoms with Gasteiger partial charge in [-0.2, -0.15) is 0 Å². The van der Waals surface area contributed by atoms with Crippen LogP contribution in [0, 0.1) is 11.3 Å². The van der Waals surface area contributed by atoms with Crippen molar-refractivity contribution >= 4 is 5.97 Å². The SMILES string of the molecule is CCCC=CC(C)(C)C(C)C(=O)OCC. The normalized spacial score (nSPS) is 14.2. The summed E-state index contributed by atoms with van der Waals surface area (Å²) >= 11 is 0. The first-order chi connectivity index (χ1) is 6.95. The minimum atomic E-state index is -0.124. The Balaban J connectivity index is 4.36. The zero-order valence-electron chi connectivity index (χ0n) is 10.7. The second-order valence-electron chi connectivity index (χ2n) is 4.49. The number of esters is 1. The van der Waals surface area contributed by atoms with Crippen LogP contribution in [-0.2, 0) is 9.53 Å². The van der Waals surface area contributed by atoms with Crippen LogP contribution in [0.3, 0.4) is 0 Å². The Morgan fingerprint density at radius 3 is 2.47 bits per heavy atom. The molecule has 0 saturated carbocycles. The van der Waals surface area contributed by atoms with Crippen LogP contribution in [0.15, 0.2) is 12.2 Å². The smallest absolute Gasteiger partial charge is 0.309 e. The first-order valence-corrected chi connectivity index (χ1v) is 5.80. The Morgan fingerprint density at radius 2 is 2.00 bits per heavy atom. The molecule has 0 aromatic carbocycles. The summed E-state index contributed by atoms with van der Waals surface area (Å²) in [5, 5.41) is 0. The third-order valence-electron chi connectivity index (χ3n) is 2.76. The van der Waals surface area contributed by atoms with Gasteiger partial charge in [-0.05, 0) is 18.8 Å². The third-order valence-corrected chi connectivity index (χ3v) is 2.76. The van der Waals surface area contributed by atoms with E-state index in [-0.39, 0.29) is 17.3 Å². The predicted molar refractivity (Wildman–Crippen MR) is 63.6 cm³/mol. The molecule has 0 aliphatic heterocycles. The summed E-state index contributed by atoms with van der Waals surface area (Å²) in [4.78, 5) is 11.6. The molecule has 0 radical (unpaired) electrons. The lowest BCUT2D eigenvalue weighted by atomic mass is 9.79. The first kappa shape index (κ1) is 14.2. The molecule has 0 amide bonds. The molecular formula is C13H24O2. The maximum Gasteiger partial charge on any atom is 0.309 e. The fraction of sp³-hybridized carbons (Fsp3) is 0.769. The average molecular weight is 212 g/mol. The predicted octanol–water partition coefficient (Wildman–Crippen LogP) is 3.57. The van der Waals surface area contributed by atoms with E-state index in [0.29, 0.717) is 6.61 Å². The molecule has 2 heteroatoms. The molecule has 1 unspecified atom stereocenters. The number of hydrogen-bond acceptors (Lipinski definition) is 2. The summed E-state index contributed by atoms with van der Waals surface area (Å²) < 4.78 is 5.02. The van der Waals surface area contributed by atoms with E-state index in [2.05, 4.69) is 32.9 Å². The van der Waals surface area contributed by atoms with Gasteiger partial charge in [0.2, 0.25) is 0 Å². The molecule has 0 saturated heterocycles. The van der Waals surface area contributed by atoms with Crippen LogP contribution in [-0.4, -0.2) is 12.6 Å². The monoisotopic (exact) mass is 212 g/mol. The Morgan fingerprint density at radius 1 is 1.40 bits per heavy atom. The summed E-state index contributed by atoms with van der Waals surface area (Å²) in [6, 6.07) is 0. The Hall–Kier alpha value is -0.790. The van der Waals surface area contributed by atoms with Gasteiger partial charge in [0, 0.05) is 0 Å². The van der Waals surface area contributed by atoms with E-state index in [1.54, 1.807) is 0 Å². The minimum absolute atomic E-state index is 0.0921. The summed E-state index contributed by atoms with van der Waals surface area (Å²) in [5.41, 5.74) is -0.124. The summed E-state index contributed by atoms with van der Waals surface area (Å²) in [6.45, 7) is 10.5. The Kier molecular flexibility index (Phi) is 6.30. The minimum Gasteiger partial charge on any atom is -0.466 e. The highest BCUT2D eigenvalue weighted by atomic mass is 16.5. The van der Waals surface area contributed by atoms with Gasteiger partial charge in [-0.15, -0.1) is 0 Å². The maximum absolute atomic E-state index is 11.6. The zero-order valence-corrected chi connectivity index (χ0v) is 10.7. The van der Waals surface area contributed by atoms with Crippen LogP contribution in [0.5, 0.6) is 0 Å². The van der Waals surface area contributed by atoms with Crippen molar-refractivity contribution < 1.29 is 9.53 Å². The summed E-state index contributed by atoms with van der Waals surface area (Å²) in [5.74, 6) is -0.200. The average Bonchev–Trinajstić information content (AvgIpc) is 2.17. The Bertz CT molecular complexity index is 217. The fourth-order valence-electron chi connectivity index (χ4n) is 1.27. The van der Waals surface area contributed by atoms with E-state index in [1.807, 2.05) is 13.8 Å². The number of hydrogen-bond donors (Lipinski definition) is 0. The lowest BCUT2D eigenvalue weighted by Gasteiger charge is -2.26. The number of allylic oxidation sites excluding steroid dienone is 2. The van der Waals surface area contributed by atoms with Crippen molar-refractivity contribution in [2.45, 2.75) is 47.5 Å². The molecule has 2 nitrogen and oxygen atoms in total.